The molecule has 0 saturated carbocycles. The van der Waals surface area contributed by atoms with Crippen LogP contribution >= 0.6 is 23.2 Å². The molecular weight excluding hydrogens is 481 g/mol. The minimum Gasteiger partial charge on any atom is -0.482 e. The largest absolute Gasteiger partial charge is 0.482 e. The second-order valence-corrected chi connectivity index (χ2v) is 9.55. The second-order valence-electron chi connectivity index (χ2n) is 8.80. The minimum absolute atomic E-state index is 0.0554. The molecule has 0 spiro atoms. The van der Waals surface area contributed by atoms with E-state index in [2.05, 4.69) is 22.2 Å². The Labute approximate surface area is 206 Å². The lowest BCUT2D eigenvalue weighted by Gasteiger charge is -2.33. The fourth-order valence-corrected chi connectivity index (χ4v) is 5.50. The lowest BCUT2D eigenvalue weighted by Crippen LogP contribution is -2.44. The lowest BCUT2D eigenvalue weighted by atomic mass is 9.70. The zero-order valence-electron chi connectivity index (χ0n) is 18.6. The first-order valence-corrected chi connectivity index (χ1v) is 11.9. The Balaban J connectivity index is 1.51. The lowest BCUT2D eigenvalue weighted by molar-refractivity contribution is -0.142. The summed E-state index contributed by atoms with van der Waals surface area (Å²) >= 11 is 13.1. The maximum Gasteiger partial charge on any atom is 0.326 e. The van der Waals surface area contributed by atoms with Crippen molar-refractivity contribution < 1.29 is 24.2 Å². The third-order valence-corrected chi connectivity index (χ3v) is 7.33. The van der Waals surface area contributed by atoms with Gasteiger partial charge >= 0.3 is 5.97 Å². The van der Waals surface area contributed by atoms with Crippen LogP contribution in [0.15, 0.2) is 24.7 Å². The average Bonchev–Trinajstić information content (AvgIpc) is 3.41. The van der Waals surface area contributed by atoms with Crippen molar-refractivity contribution in [3.05, 3.63) is 51.5 Å². The number of aliphatic carboxylic acids is 1. The molecule has 2 aromatic rings. The fraction of sp³-hybridized carbons (Fsp3) is 0.417. The van der Waals surface area contributed by atoms with Gasteiger partial charge in [0, 0.05) is 35.7 Å². The smallest absolute Gasteiger partial charge is 0.326 e. The number of rotatable bonds is 9. The number of hydrogen-bond acceptors (Lipinski definition) is 5. The molecule has 2 atom stereocenters. The van der Waals surface area contributed by atoms with Gasteiger partial charge in [-0.2, -0.15) is 0 Å². The van der Waals surface area contributed by atoms with E-state index in [0.29, 0.717) is 17.1 Å². The molecule has 1 amide bonds. The van der Waals surface area contributed by atoms with Crippen LogP contribution in [0.1, 0.15) is 49.4 Å². The molecule has 1 unspecified atom stereocenters. The topological polar surface area (TPSA) is 121 Å². The number of aromatic amines is 1. The number of carboxylic acid groups (broad SMARTS) is 1. The van der Waals surface area contributed by atoms with Crippen LogP contribution in [0.2, 0.25) is 10.0 Å². The van der Waals surface area contributed by atoms with E-state index in [4.69, 9.17) is 27.9 Å². The number of nitrogens with one attached hydrogen (secondary N) is 2. The van der Waals surface area contributed by atoms with Crippen molar-refractivity contribution in [2.45, 2.75) is 51.5 Å². The van der Waals surface area contributed by atoms with Crippen LogP contribution in [-0.2, 0) is 27.2 Å². The van der Waals surface area contributed by atoms with Gasteiger partial charge in [0.05, 0.1) is 11.3 Å². The molecule has 34 heavy (non-hydrogen) atoms. The van der Waals surface area contributed by atoms with E-state index in [9.17, 15) is 19.5 Å². The van der Waals surface area contributed by atoms with Gasteiger partial charge in [0.25, 0.3) is 5.91 Å². The molecular formula is C24H25Cl2N3O5. The average molecular weight is 506 g/mol. The molecule has 0 saturated heterocycles. The second kappa shape index (κ2) is 9.80. The Kier molecular flexibility index (Phi) is 7.00. The maximum absolute atomic E-state index is 12.4. The van der Waals surface area contributed by atoms with Crippen molar-refractivity contribution in [1.82, 2.24) is 15.3 Å². The number of benzene rings is 1. The Hall–Kier alpha value is -2.84. The van der Waals surface area contributed by atoms with Gasteiger partial charge in [-0.1, -0.05) is 36.5 Å². The molecule has 0 aliphatic heterocycles. The van der Waals surface area contributed by atoms with E-state index in [-0.39, 0.29) is 28.4 Å². The normalized spacial score (nSPS) is 19.7. The maximum atomic E-state index is 12.4. The summed E-state index contributed by atoms with van der Waals surface area (Å²) in [6.07, 6.45) is 8.59. The van der Waals surface area contributed by atoms with Crippen LogP contribution in [-0.4, -0.2) is 45.4 Å². The summed E-state index contributed by atoms with van der Waals surface area (Å²) in [5.74, 6) is -1.45. The van der Waals surface area contributed by atoms with E-state index in [1.807, 2.05) is 0 Å². The van der Waals surface area contributed by atoms with Crippen molar-refractivity contribution in [3.63, 3.8) is 0 Å². The summed E-state index contributed by atoms with van der Waals surface area (Å²) in [7, 11) is 0. The summed E-state index contributed by atoms with van der Waals surface area (Å²) in [6.45, 7) is 1.69. The van der Waals surface area contributed by atoms with Crippen LogP contribution in [0.3, 0.4) is 0 Å². The van der Waals surface area contributed by atoms with E-state index in [0.717, 1.165) is 42.4 Å². The van der Waals surface area contributed by atoms with Gasteiger partial charge in [0.15, 0.2) is 12.4 Å². The molecule has 10 heteroatoms. The van der Waals surface area contributed by atoms with E-state index < -0.39 is 24.5 Å². The van der Waals surface area contributed by atoms with E-state index in [1.54, 1.807) is 12.1 Å². The summed E-state index contributed by atoms with van der Waals surface area (Å²) in [5, 5.41) is 12.3. The van der Waals surface area contributed by atoms with Gasteiger partial charge < -0.3 is 20.1 Å². The van der Waals surface area contributed by atoms with Crippen LogP contribution in [0.4, 0.5) is 0 Å². The number of nitrogens with zero attached hydrogens (tertiary/aromatic N) is 1. The number of carbonyl (C=O) groups excluding carboxylic acids is 2. The summed E-state index contributed by atoms with van der Waals surface area (Å²) in [4.78, 5) is 42.8. The van der Waals surface area contributed by atoms with Gasteiger partial charge in [0.2, 0.25) is 0 Å². The molecule has 1 heterocycles. The SMILES string of the molecule is CCCC12CCC(=O)C=C1c1c(cc(OCC(=O)N[C@@H](Cc3cnc[nH]3)C(=O)O)c(Cl)c1Cl)C2. The first-order chi connectivity index (χ1) is 16.2. The Morgan fingerprint density at radius 2 is 2.15 bits per heavy atom. The Bertz CT molecular complexity index is 1160. The standard InChI is InChI=1S/C24H25Cl2N3O5/c1-2-4-24-5-3-15(30)8-16(24)20-13(9-24)6-18(21(25)22(20)26)34-11-19(31)29-17(23(32)33)7-14-10-27-12-28-14/h6,8,10,12,17H,2-5,7,9,11H2,1H3,(H,27,28)(H,29,31)(H,32,33)/t17-,24?/m0/s1. The molecule has 1 aromatic carbocycles. The summed E-state index contributed by atoms with van der Waals surface area (Å²) < 4.78 is 5.66. The van der Waals surface area contributed by atoms with Crippen molar-refractivity contribution >= 4 is 46.4 Å². The van der Waals surface area contributed by atoms with E-state index >= 15 is 0 Å². The van der Waals surface area contributed by atoms with Crippen LogP contribution in [0.5, 0.6) is 5.75 Å². The first kappa shape index (κ1) is 24.3. The summed E-state index contributed by atoms with van der Waals surface area (Å²) in [6, 6.07) is 0.633. The predicted molar refractivity (Wildman–Crippen MR) is 127 cm³/mol. The summed E-state index contributed by atoms with van der Waals surface area (Å²) in [5.41, 5.74) is 3.10. The number of hydrogen-bond donors (Lipinski definition) is 3. The van der Waals surface area contributed by atoms with Gasteiger partial charge in [-0.25, -0.2) is 9.78 Å². The number of allylic oxidation sites excluding steroid dienone is 2. The molecule has 0 radical (unpaired) electrons. The quantitative estimate of drug-likeness (QED) is 0.473. The number of fused-ring (bicyclic) bond motifs is 3. The number of H-pyrrole nitrogens is 1. The molecule has 2 aliphatic carbocycles. The molecule has 8 nitrogen and oxygen atoms in total. The Morgan fingerprint density at radius 3 is 2.82 bits per heavy atom. The number of aromatic nitrogens is 2. The number of halogens is 2. The first-order valence-electron chi connectivity index (χ1n) is 11.1. The highest BCUT2D eigenvalue weighted by molar-refractivity contribution is 6.44. The van der Waals surface area contributed by atoms with Crippen molar-refractivity contribution in [3.8, 4) is 5.75 Å². The number of amides is 1. The monoisotopic (exact) mass is 505 g/mol. The zero-order valence-corrected chi connectivity index (χ0v) is 20.1. The Morgan fingerprint density at radius 1 is 1.35 bits per heavy atom. The van der Waals surface area contributed by atoms with Crippen LogP contribution in [0, 0.1) is 5.41 Å². The van der Waals surface area contributed by atoms with Gasteiger partial charge in [-0.15, -0.1) is 0 Å². The van der Waals surface area contributed by atoms with Crippen molar-refractivity contribution in [1.29, 1.82) is 0 Å². The van der Waals surface area contributed by atoms with Crippen molar-refractivity contribution in [2.75, 3.05) is 6.61 Å². The molecule has 3 N–H and O–H groups in total. The predicted octanol–water partition coefficient (Wildman–Crippen LogP) is 4.00. The van der Waals surface area contributed by atoms with Gasteiger partial charge in [0.1, 0.15) is 16.8 Å². The third-order valence-electron chi connectivity index (χ3n) is 6.48. The third kappa shape index (κ3) is 4.70. The molecule has 0 fully saturated rings. The van der Waals surface area contributed by atoms with Crippen molar-refractivity contribution in [2.24, 2.45) is 5.41 Å². The van der Waals surface area contributed by atoms with Gasteiger partial charge in [-0.05, 0) is 42.5 Å². The number of imidazole rings is 1. The number of ketones is 1. The van der Waals surface area contributed by atoms with Gasteiger partial charge in [-0.3, -0.25) is 9.59 Å². The van der Waals surface area contributed by atoms with Crippen LogP contribution < -0.4 is 10.1 Å². The number of carboxylic acids is 1. The highest BCUT2D eigenvalue weighted by Gasteiger charge is 2.45. The molecule has 180 valence electrons. The highest BCUT2D eigenvalue weighted by atomic mass is 35.5. The number of ether oxygens (including phenoxy) is 1. The highest BCUT2D eigenvalue weighted by Crippen LogP contribution is 2.58. The fourth-order valence-electron chi connectivity index (χ4n) is 4.98. The molecule has 1 aromatic heterocycles. The van der Waals surface area contributed by atoms with E-state index in [1.165, 1.54) is 12.5 Å². The minimum atomic E-state index is -1.17. The molecule has 0 bridgehead atoms. The molecule has 4 rings (SSSR count). The number of carbonyl (C=O) groups is 3. The molecule has 2 aliphatic rings. The zero-order chi connectivity index (χ0) is 24.5. The van der Waals surface area contributed by atoms with Crippen LogP contribution in [0.25, 0.3) is 5.57 Å².